The van der Waals surface area contributed by atoms with E-state index in [-0.39, 0.29) is 0 Å². The summed E-state index contributed by atoms with van der Waals surface area (Å²) < 4.78 is 9.54. The molecule has 0 radical (unpaired) electrons. The number of thiophene rings is 4. The predicted molar refractivity (Wildman–Crippen MR) is 526 cm³/mol. The molecule has 0 aliphatic heterocycles. The summed E-state index contributed by atoms with van der Waals surface area (Å²) in [6.07, 6.45) is 0. The van der Waals surface area contributed by atoms with E-state index >= 15 is 0 Å². The third-order valence-corrected chi connectivity index (χ3v) is 28.6. The molecule has 6 aromatic heterocycles. The monoisotopic (exact) mass is 1650 g/mol. The highest BCUT2D eigenvalue weighted by Gasteiger charge is 2.26. The maximum atomic E-state index is 5.71. The van der Waals surface area contributed by atoms with Gasteiger partial charge in [-0.2, -0.15) is 0 Å². The Morgan fingerprint density at radius 2 is 0.460 bits per heavy atom. The fourth-order valence-electron chi connectivity index (χ4n) is 18.1. The molecule has 0 saturated heterocycles. The molecule has 24 rings (SSSR count). The second-order valence-corrected chi connectivity index (χ2v) is 35.8. The van der Waals surface area contributed by atoms with Gasteiger partial charge in [0.2, 0.25) is 0 Å². The molecule has 0 saturated carbocycles. The molecule has 0 amide bonds. The topological polar surface area (TPSA) is 77.3 Å². The number of fused-ring (bicyclic) bond motifs is 12. The van der Waals surface area contributed by atoms with Gasteiger partial charge in [0.1, 0.15) is 0 Å². The number of benzene rings is 18. The zero-order chi connectivity index (χ0) is 81.7. The second-order valence-electron chi connectivity index (χ2n) is 31.5. The quantitative estimate of drug-likeness (QED) is 0.102. The first kappa shape index (κ1) is 72.8. The van der Waals surface area contributed by atoms with Gasteiger partial charge in [0.15, 0.2) is 34.9 Å². The predicted octanol–water partition coefficient (Wildman–Crippen LogP) is 32.5. The van der Waals surface area contributed by atoms with Crippen molar-refractivity contribution in [3.05, 3.63) is 413 Å². The van der Waals surface area contributed by atoms with Crippen LogP contribution >= 0.6 is 45.3 Å². The van der Waals surface area contributed by atoms with Crippen molar-refractivity contribution in [3.8, 4) is 168 Å². The maximum absolute atomic E-state index is 5.71. The molecule has 0 spiro atoms. The highest BCUT2D eigenvalue weighted by Crippen LogP contribution is 2.51. The number of hydrogen-bond acceptors (Lipinski definition) is 10. The van der Waals surface area contributed by atoms with Crippen LogP contribution in [0.1, 0.15) is 0 Å². The van der Waals surface area contributed by atoms with Crippen molar-refractivity contribution in [2.45, 2.75) is 0 Å². The normalized spacial score (nSPS) is 11.7. The van der Waals surface area contributed by atoms with Crippen LogP contribution in [0.3, 0.4) is 0 Å². The van der Waals surface area contributed by atoms with Gasteiger partial charge in [-0.3, -0.25) is 0 Å². The summed E-state index contributed by atoms with van der Waals surface area (Å²) in [4.78, 5) is 33.2. The maximum Gasteiger partial charge on any atom is 0.164 e. The van der Waals surface area contributed by atoms with Gasteiger partial charge in [-0.25, -0.2) is 29.9 Å². The molecule has 24 aromatic rings. The Morgan fingerprint density at radius 1 is 0.129 bits per heavy atom. The first-order chi connectivity index (χ1) is 61.4. The van der Waals surface area contributed by atoms with Gasteiger partial charge >= 0.3 is 0 Å². The molecule has 0 fully saturated rings. The van der Waals surface area contributed by atoms with E-state index in [0.717, 1.165) is 130 Å². The minimum atomic E-state index is 0.584. The van der Waals surface area contributed by atoms with E-state index in [4.69, 9.17) is 29.9 Å². The zero-order valence-electron chi connectivity index (χ0n) is 66.6. The van der Waals surface area contributed by atoms with Crippen LogP contribution < -0.4 is 0 Å². The van der Waals surface area contributed by atoms with Gasteiger partial charge in [0.25, 0.3) is 0 Å². The van der Waals surface area contributed by atoms with Crippen molar-refractivity contribution in [2.75, 3.05) is 0 Å². The summed E-state index contributed by atoms with van der Waals surface area (Å²) in [6.45, 7) is 0. The van der Waals surface area contributed by atoms with Crippen LogP contribution in [0, 0.1) is 0 Å². The van der Waals surface area contributed by atoms with Gasteiger partial charge in [-0.05, 0) is 185 Å². The first-order valence-electron chi connectivity index (χ1n) is 41.6. The summed E-state index contributed by atoms with van der Waals surface area (Å²) in [5, 5.41) is 9.38. The molecular formula is C114H68N6S4. The van der Waals surface area contributed by atoms with Crippen molar-refractivity contribution < 1.29 is 0 Å². The van der Waals surface area contributed by atoms with Crippen molar-refractivity contribution >= 4 is 126 Å². The largest absolute Gasteiger partial charge is 0.208 e. The lowest BCUT2D eigenvalue weighted by molar-refractivity contribution is 1.08. The highest BCUT2D eigenvalue weighted by atomic mass is 32.1. The molecule has 18 aromatic carbocycles. The fourth-order valence-corrected chi connectivity index (χ4v) is 22.8. The van der Waals surface area contributed by atoms with E-state index in [1.54, 1.807) is 11.3 Å². The molecule has 0 unspecified atom stereocenters. The molecule has 0 N–H and O–H groups in total. The highest BCUT2D eigenvalue weighted by molar-refractivity contribution is 7.27. The van der Waals surface area contributed by atoms with Crippen LogP contribution in [0.15, 0.2) is 413 Å². The average molecular weight is 1650 g/mol. The van der Waals surface area contributed by atoms with Gasteiger partial charge in [0.05, 0.1) is 0 Å². The Kier molecular flexibility index (Phi) is 17.9. The van der Waals surface area contributed by atoms with Gasteiger partial charge in [0, 0.05) is 114 Å². The molecule has 0 aliphatic carbocycles. The van der Waals surface area contributed by atoms with Crippen LogP contribution in [0.2, 0.25) is 0 Å². The summed E-state index contributed by atoms with van der Waals surface area (Å²) in [5.74, 6) is 3.56. The molecule has 578 valence electrons. The first-order valence-corrected chi connectivity index (χ1v) is 44.8. The molecule has 0 bridgehead atoms. The van der Waals surface area contributed by atoms with E-state index in [1.807, 2.05) is 46.1 Å². The summed E-state index contributed by atoms with van der Waals surface area (Å²) in [6, 6.07) is 149. The third-order valence-electron chi connectivity index (χ3n) is 24.0. The Morgan fingerprint density at radius 3 is 1.02 bits per heavy atom. The molecule has 6 heterocycles. The fraction of sp³-hybridized carbons (Fsp3) is 0. The lowest BCUT2D eigenvalue weighted by Gasteiger charge is -2.14. The Balaban J connectivity index is 0.659. The minimum absolute atomic E-state index is 0.584. The third kappa shape index (κ3) is 13.1. The van der Waals surface area contributed by atoms with E-state index in [2.05, 4.69) is 400 Å². The Bertz CT molecular complexity index is 8380. The summed E-state index contributed by atoms with van der Waals surface area (Å²) in [7, 11) is 0. The zero-order valence-corrected chi connectivity index (χ0v) is 69.8. The van der Waals surface area contributed by atoms with Crippen LogP contribution in [-0.4, -0.2) is 29.9 Å². The Hall–Kier alpha value is -15.1. The summed E-state index contributed by atoms with van der Waals surface area (Å²) in [5.41, 5.74) is 25.9. The van der Waals surface area contributed by atoms with Crippen molar-refractivity contribution in [2.24, 2.45) is 0 Å². The van der Waals surface area contributed by atoms with Crippen LogP contribution in [-0.2, 0) is 0 Å². The molecule has 0 atom stereocenters. The number of nitrogens with zero attached hydrogens (tertiary/aromatic N) is 6. The van der Waals surface area contributed by atoms with Crippen LogP contribution in [0.5, 0.6) is 0 Å². The number of rotatable bonds is 15. The molecule has 6 nitrogen and oxygen atoms in total. The van der Waals surface area contributed by atoms with Crippen LogP contribution in [0.25, 0.3) is 249 Å². The van der Waals surface area contributed by atoms with Gasteiger partial charge < -0.3 is 0 Å². The van der Waals surface area contributed by atoms with E-state index < -0.39 is 0 Å². The van der Waals surface area contributed by atoms with Crippen molar-refractivity contribution in [3.63, 3.8) is 0 Å². The van der Waals surface area contributed by atoms with Gasteiger partial charge in [-0.15, -0.1) is 45.3 Å². The molecule has 10 heteroatoms. The van der Waals surface area contributed by atoms with Crippen LogP contribution in [0.4, 0.5) is 0 Å². The van der Waals surface area contributed by atoms with E-state index in [9.17, 15) is 0 Å². The second kappa shape index (κ2) is 30.5. The smallest absolute Gasteiger partial charge is 0.164 e. The minimum Gasteiger partial charge on any atom is -0.208 e. The lowest BCUT2D eigenvalue weighted by atomic mass is 9.91. The molecule has 124 heavy (non-hydrogen) atoms. The molecular weight excluding hydrogens is 1580 g/mol. The van der Waals surface area contributed by atoms with Crippen molar-refractivity contribution in [1.82, 2.24) is 29.9 Å². The molecule has 0 aliphatic rings. The van der Waals surface area contributed by atoms with Crippen molar-refractivity contribution in [1.29, 1.82) is 0 Å². The standard InChI is InChI=1S/C114H68N6S4/c1-5-26-69(27-6-1)73-34-21-37-77(60-73)85-42-13-15-44-87(85)80-53-58-100-95(64-80)105-94(48-25-51-102(105)121-100)113-117-109(71-30-9-3-10-31-71)115-112(119-113)83-41-24-39-79(63-83)89-56-57-90(108-107(89)93-47-18-20-50-99(93)124-108)84-66-97(106-96-65-81(54-59-101(96)123-104(106)68-84)88-45-16-14-43-86(88)78-38-22-35-74(61-78)70-28-7-2-8-29-70)114-118-110(72-32-11-4-12-33-72)116-111(120-114)82-40-23-36-75(62-82)76-52-55-92-91-46-17-19-49-98(91)122-103(92)67-76/h1-68H. The summed E-state index contributed by atoms with van der Waals surface area (Å²) >= 11 is 7.28. The van der Waals surface area contributed by atoms with E-state index in [0.29, 0.717) is 34.9 Å². The SMILES string of the molecule is c1ccc(-c2cccc(-c3ccccc3-c3ccc4sc5cccc(-c6nc(-c7ccccc7)nc(-c7cccc(-c8ccc(-c9cc(-c%10nc(-c%11ccccc%11)nc(-c%11cccc(-c%12ccc%13c(c%12)sc%12ccccc%12%13)c%11)n%10)c%10c(c9)sc9ccc(-c%11ccccc%11-c%11cccc(-c%12ccccc%12)c%11)cc9%10)c9sc%10ccccc%10c89)c7)n6)c5c4c3)c2)cc1. The van der Waals surface area contributed by atoms with Gasteiger partial charge in [-0.1, -0.05) is 328 Å². The number of hydrogen-bond donors (Lipinski definition) is 0. The van der Waals surface area contributed by atoms with E-state index in [1.165, 1.54) is 84.0 Å². The average Bonchev–Trinajstić information content (AvgIpc) is 1.57. The lowest BCUT2D eigenvalue weighted by Crippen LogP contribution is -2.01. The Labute approximate surface area is 731 Å². The number of aromatic nitrogens is 6.